The molecule has 1 unspecified atom stereocenters. The molecule has 2 aromatic rings. The van der Waals surface area contributed by atoms with Gasteiger partial charge >= 0.3 is 0 Å². The van der Waals surface area contributed by atoms with Gasteiger partial charge < -0.3 is 10.0 Å². The molecule has 1 aliphatic carbocycles. The van der Waals surface area contributed by atoms with E-state index in [1.54, 1.807) is 11.8 Å². The molecule has 0 saturated heterocycles. The first kappa shape index (κ1) is 21.8. The van der Waals surface area contributed by atoms with Crippen molar-refractivity contribution in [2.45, 2.75) is 30.7 Å². The lowest BCUT2D eigenvalue weighted by Gasteiger charge is -2.46. The van der Waals surface area contributed by atoms with Gasteiger partial charge in [-0.3, -0.25) is 19.3 Å². The maximum atomic E-state index is 13.7. The fourth-order valence-corrected chi connectivity index (χ4v) is 5.90. The highest BCUT2D eigenvalue weighted by molar-refractivity contribution is 8.02. The summed E-state index contributed by atoms with van der Waals surface area (Å²) in [6.45, 7) is -2.22. The first-order chi connectivity index (χ1) is 16.0. The molecule has 1 aromatic carbocycles. The average molecular weight is 472 g/mol. The summed E-state index contributed by atoms with van der Waals surface area (Å²) in [7, 11) is 0. The van der Waals surface area contributed by atoms with Crippen LogP contribution in [0.1, 0.15) is 40.5 Å². The highest BCUT2D eigenvalue weighted by atomic mass is 32.2. The van der Waals surface area contributed by atoms with Crippen LogP contribution in [0.2, 0.25) is 0 Å². The van der Waals surface area contributed by atoms with E-state index in [-0.39, 0.29) is 18.4 Å². The van der Waals surface area contributed by atoms with Gasteiger partial charge in [-0.25, -0.2) is 8.78 Å². The number of allylic oxidation sites excluding steroid dienone is 2. The second-order valence-corrected chi connectivity index (χ2v) is 9.28. The molecule has 1 amide bonds. The minimum atomic E-state index is -1.31. The van der Waals surface area contributed by atoms with Crippen molar-refractivity contribution in [3.8, 4) is 5.75 Å². The molecule has 0 radical (unpaired) electrons. The van der Waals surface area contributed by atoms with Crippen LogP contribution in [0.5, 0.6) is 5.75 Å². The van der Waals surface area contributed by atoms with E-state index in [4.69, 9.17) is 0 Å². The van der Waals surface area contributed by atoms with Crippen LogP contribution in [0.15, 0.2) is 64.0 Å². The number of carbonyl (C=O) groups is 1. The quantitative estimate of drug-likeness (QED) is 0.735. The first-order valence-electron chi connectivity index (χ1n) is 10.8. The van der Waals surface area contributed by atoms with Gasteiger partial charge in [0, 0.05) is 22.9 Å². The monoisotopic (exact) mass is 471 g/mol. The number of nitrogens with zero attached hydrogens (tertiary/aromatic N) is 3. The fraction of sp³-hybridized carbons (Fsp3) is 0.333. The summed E-state index contributed by atoms with van der Waals surface area (Å²) in [5.41, 5.74) is 2.30. The summed E-state index contributed by atoms with van der Waals surface area (Å²) in [4.78, 5) is 27.6. The fourth-order valence-electron chi connectivity index (χ4n) is 4.74. The maximum Gasteiger partial charge on any atom is 0.278 e. The van der Waals surface area contributed by atoms with Crippen LogP contribution in [0, 0.1) is 0 Å². The standard InChI is InChI=1S/C24H23F2N3O3S/c25-11-16(12-26)27-14-29(28-10-9-19(30)23(31)22(28)24(27)32)21-17-6-2-1-5-15(17)13-33-20-8-4-3-7-18(20)21/h1-2,4-6,8-10,16,21,31H,3,7,11-14H2. The van der Waals surface area contributed by atoms with Crippen LogP contribution >= 0.6 is 11.8 Å². The van der Waals surface area contributed by atoms with Crippen molar-refractivity contribution < 1.29 is 18.7 Å². The zero-order valence-corrected chi connectivity index (χ0v) is 18.6. The summed E-state index contributed by atoms with van der Waals surface area (Å²) in [5, 5.41) is 12.4. The Bertz CT molecular complexity index is 1220. The van der Waals surface area contributed by atoms with Gasteiger partial charge in [0.2, 0.25) is 5.43 Å². The lowest BCUT2D eigenvalue weighted by atomic mass is 9.89. The molecule has 3 heterocycles. The summed E-state index contributed by atoms with van der Waals surface area (Å²) in [5.74, 6) is -0.718. The van der Waals surface area contributed by atoms with E-state index in [2.05, 4.69) is 18.2 Å². The highest BCUT2D eigenvalue weighted by Crippen LogP contribution is 2.45. The molecule has 9 heteroatoms. The Balaban J connectivity index is 1.75. The zero-order valence-electron chi connectivity index (χ0n) is 17.8. The molecule has 1 N–H and O–H groups in total. The minimum Gasteiger partial charge on any atom is -0.502 e. The molecule has 6 nitrogen and oxygen atoms in total. The van der Waals surface area contributed by atoms with Crippen LogP contribution in [0.3, 0.4) is 0 Å². The Morgan fingerprint density at radius 3 is 2.73 bits per heavy atom. The number of halogens is 2. The minimum absolute atomic E-state index is 0.0865. The molecule has 172 valence electrons. The second-order valence-electron chi connectivity index (χ2n) is 8.26. The van der Waals surface area contributed by atoms with Crippen molar-refractivity contribution in [3.05, 3.63) is 86.2 Å². The number of aromatic nitrogens is 1. The number of carbonyl (C=O) groups excluding carboxylic acids is 1. The van der Waals surface area contributed by atoms with Crippen molar-refractivity contribution in [3.63, 3.8) is 0 Å². The molecule has 2 aliphatic heterocycles. The topological polar surface area (TPSA) is 65.8 Å². The third-order valence-electron chi connectivity index (χ3n) is 6.42. The number of pyridine rings is 1. The van der Waals surface area contributed by atoms with Gasteiger partial charge in [0.1, 0.15) is 20.0 Å². The molecular formula is C24H23F2N3O3S. The Labute approximate surface area is 193 Å². The molecule has 3 aliphatic rings. The Kier molecular flexibility index (Phi) is 5.74. The largest absolute Gasteiger partial charge is 0.502 e. The molecule has 5 rings (SSSR count). The molecule has 1 aromatic heterocycles. The van der Waals surface area contributed by atoms with Crippen LogP contribution in [-0.4, -0.2) is 46.6 Å². The van der Waals surface area contributed by atoms with Crippen LogP contribution in [0.4, 0.5) is 8.78 Å². The Morgan fingerprint density at radius 1 is 1.15 bits per heavy atom. The predicted octanol–water partition coefficient (Wildman–Crippen LogP) is 3.81. The number of rotatable bonds is 4. The van der Waals surface area contributed by atoms with Crippen molar-refractivity contribution >= 4 is 17.7 Å². The second kappa shape index (κ2) is 8.70. The third kappa shape index (κ3) is 3.55. The van der Waals surface area contributed by atoms with Crippen molar-refractivity contribution in [1.29, 1.82) is 0 Å². The zero-order chi connectivity index (χ0) is 23.1. The summed E-state index contributed by atoms with van der Waals surface area (Å²) < 4.78 is 28.9. The lowest BCUT2D eigenvalue weighted by Crippen LogP contribution is -2.59. The molecule has 0 bridgehead atoms. The maximum absolute atomic E-state index is 13.7. The van der Waals surface area contributed by atoms with E-state index in [9.17, 15) is 23.5 Å². The predicted molar refractivity (Wildman–Crippen MR) is 123 cm³/mol. The number of fused-ring (bicyclic) bond motifs is 2. The van der Waals surface area contributed by atoms with Gasteiger partial charge in [0.05, 0.1) is 12.1 Å². The van der Waals surface area contributed by atoms with E-state index in [1.807, 2.05) is 23.2 Å². The summed E-state index contributed by atoms with van der Waals surface area (Å²) >= 11 is 1.74. The van der Waals surface area contributed by atoms with E-state index in [0.29, 0.717) is 0 Å². The highest BCUT2D eigenvalue weighted by Gasteiger charge is 2.41. The SMILES string of the molecule is O=C1c2c(O)c(=O)ccn2N(C2C3=C(C=CCC3)SCc3ccccc32)CN1C(CF)CF. The number of hydrogen-bond donors (Lipinski definition) is 1. The summed E-state index contributed by atoms with van der Waals surface area (Å²) in [6, 6.07) is 7.56. The normalized spacial score (nSPS) is 20.0. The molecule has 0 fully saturated rings. The number of alkyl halides is 2. The lowest BCUT2D eigenvalue weighted by molar-refractivity contribution is 0.0516. The van der Waals surface area contributed by atoms with E-state index < -0.39 is 36.5 Å². The van der Waals surface area contributed by atoms with Crippen LogP contribution in [-0.2, 0) is 5.75 Å². The van der Waals surface area contributed by atoms with E-state index in [0.717, 1.165) is 45.1 Å². The molecule has 0 spiro atoms. The van der Waals surface area contributed by atoms with Crippen molar-refractivity contribution in [2.24, 2.45) is 0 Å². The Morgan fingerprint density at radius 2 is 1.94 bits per heavy atom. The number of thioether (sulfide) groups is 1. The number of amides is 1. The van der Waals surface area contributed by atoms with Gasteiger partial charge in [-0.1, -0.05) is 36.4 Å². The smallest absolute Gasteiger partial charge is 0.278 e. The van der Waals surface area contributed by atoms with Gasteiger partial charge in [-0.05, 0) is 29.5 Å². The average Bonchev–Trinajstić information content (AvgIpc) is 3.00. The van der Waals surface area contributed by atoms with Crippen molar-refractivity contribution in [2.75, 3.05) is 25.0 Å². The van der Waals surface area contributed by atoms with Gasteiger partial charge in [-0.15, -0.1) is 11.8 Å². The number of benzene rings is 1. The van der Waals surface area contributed by atoms with Gasteiger partial charge in [-0.2, -0.15) is 0 Å². The van der Waals surface area contributed by atoms with Crippen molar-refractivity contribution in [1.82, 2.24) is 9.58 Å². The molecule has 1 atom stereocenters. The van der Waals surface area contributed by atoms with E-state index >= 15 is 0 Å². The molecular weight excluding hydrogens is 448 g/mol. The Hall–Kier alpha value is -3.07. The van der Waals surface area contributed by atoms with Gasteiger partial charge in [0.15, 0.2) is 11.4 Å². The van der Waals surface area contributed by atoms with Crippen LogP contribution in [0.25, 0.3) is 0 Å². The number of aromatic hydroxyl groups is 1. The number of hydrogen-bond acceptors (Lipinski definition) is 5. The molecule has 33 heavy (non-hydrogen) atoms. The first-order valence-corrected chi connectivity index (χ1v) is 11.8. The molecule has 0 saturated carbocycles. The van der Waals surface area contributed by atoms with Gasteiger partial charge in [0.25, 0.3) is 5.91 Å². The van der Waals surface area contributed by atoms with Crippen LogP contribution < -0.4 is 10.4 Å². The summed E-state index contributed by atoms with van der Waals surface area (Å²) in [6.07, 6.45) is 7.33. The third-order valence-corrected chi connectivity index (χ3v) is 7.58. The van der Waals surface area contributed by atoms with E-state index in [1.165, 1.54) is 16.9 Å².